The lowest BCUT2D eigenvalue weighted by Gasteiger charge is -2.01. The molecule has 0 unspecified atom stereocenters. The van der Waals surface area contributed by atoms with Crippen LogP contribution >= 0.6 is 0 Å². The van der Waals surface area contributed by atoms with Gasteiger partial charge in [-0.05, 0) is 11.2 Å². The largest absolute Gasteiger partial charge is 0.712 e. The highest BCUT2D eigenvalue weighted by Crippen LogP contribution is 1.98. The summed E-state index contributed by atoms with van der Waals surface area (Å²) in [7, 11) is 1.87. The number of hydrogen-bond acceptors (Lipinski definition) is 3. The predicted molar refractivity (Wildman–Crippen MR) is 52.9 cm³/mol. The number of rotatable bonds is 1. The Hall–Kier alpha value is -1.49. The average molecular weight is 206 g/mol. The Morgan fingerprint density at radius 2 is 2.21 bits per heavy atom. The second kappa shape index (κ2) is 3.34. The van der Waals surface area contributed by atoms with Gasteiger partial charge in [0.1, 0.15) is 5.16 Å². The van der Waals surface area contributed by atoms with Gasteiger partial charge in [-0.1, -0.05) is 6.07 Å². The van der Waals surface area contributed by atoms with E-state index in [-0.39, 0.29) is 0 Å². The maximum Gasteiger partial charge on any atom is 0.235 e. The van der Waals surface area contributed by atoms with Crippen LogP contribution in [0.5, 0.6) is 0 Å². The Labute approximate surface area is 87.6 Å². The minimum absolute atomic E-state index is 0.531. The second-order valence-corrected chi connectivity index (χ2v) is 3.34. The van der Waals surface area contributed by atoms with Crippen LogP contribution in [-0.2, 0) is 19.7 Å². The molecule has 0 fully saturated rings. The number of hydrogen-bond donors (Lipinski definition) is 0. The number of aromatic nitrogens is 4. The molecule has 0 bridgehead atoms. The molecule has 72 valence electrons. The zero-order chi connectivity index (χ0) is 10.1. The van der Waals surface area contributed by atoms with Gasteiger partial charge in [0.25, 0.3) is 0 Å². The third kappa shape index (κ3) is 1.35. The minimum Gasteiger partial charge on any atom is -0.712 e. The first-order chi connectivity index (χ1) is 6.70. The van der Waals surface area contributed by atoms with Crippen molar-refractivity contribution in [2.24, 2.45) is 7.05 Å². The normalized spacial score (nSPS) is 10.4. The van der Waals surface area contributed by atoms with Gasteiger partial charge in [0.15, 0.2) is 0 Å². The molecule has 4 nitrogen and oxygen atoms in total. The van der Waals surface area contributed by atoms with Gasteiger partial charge in [-0.25, -0.2) is 4.57 Å². The fourth-order valence-corrected chi connectivity index (χ4v) is 1.63. The van der Waals surface area contributed by atoms with Gasteiger partial charge >= 0.3 is 0 Å². The van der Waals surface area contributed by atoms with E-state index in [0.717, 1.165) is 11.6 Å². The van der Waals surface area contributed by atoms with Crippen LogP contribution < -0.4 is 4.57 Å². The molecule has 0 aliphatic rings. The van der Waals surface area contributed by atoms with Crippen LogP contribution in [0.4, 0.5) is 0 Å². The number of pyridine rings is 1. The molecular formula is C9H10N4S. The Morgan fingerprint density at radius 3 is 2.71 bits per heavy atom. The molecule has 0 saturated heterocycles. The van der Waals surface area contributed by atoms with Crippen molar-refractivity contribution in [2.75, 3.05) is 0 Å². The van der Waals surface area contributed by atoms with Gasteiger partial charge in [-0.3, -0.25) is 0 Å². The molecule has 0 aromatic carbocycles. The summed E-state index contributed by atoms with van der Waals surface area (Å²) < 4.78 is 3.59. The summed E-state index contributed by atoms with van der Waals surface area (Å²) in [5.41, 5.74) is 0. The summed E-state index contributed by atoms with van der Waals surface area (Å²) in [4.78, 5) is 4.23. The van der Waals surface area contributed by atoms with Crippen LogP contribution in [0.25, 0.3) is 5.82 Å². The summed E-state index contributed by atoms with van der Waals surface area (Å²) >= 11 is 5.13. The van der Waals surface area contributed by atoms with E-state index in [0.29, 0.717) is 5.16 Å². The lowest BCUT2D eigenvalue weighted by atomic mass is 10.4. The van der Waals surface area contributed by atoms with E-state index in [1.54, 1.807) is 10.9 Å². The number of aryl methyl sites for hydroxylation is 1. The van der Waals surface area contributed by atoms with E-state index >= 15 is 0 Å². The second-order valence-electron chi connectivity index (χ2n) is 2.98. The van der Waals surface area contributed by atoms with Crippen molar-refractivity contribution in [3.05, 3.63) is 30.2 Å². The third-order valence-electron chi connectivity index (χ3n) is 2.10. The first-order valence-corrected chi connectivity index (χ1v) is 4.65. The van der Waals surface area contributed by atoms with Gasteiger partial charge in [0, 0.05) is 13.0 Å². The Morgan fingerprint density at radius 1 is 1.43 bits per heavy atom. The molecule has 0 amide bonds. The summed E-state index contributed by atoms with van der Waals surface area (Å²) in [6.07, 6.45) is 1.74. The van der Waals surface area contributed by atoms with E-state index in [9.17, 15) is 0 Å². The molecule has 14 heavy (non-hydrogen) atoms. The molecule has 0 saturated carbocycles. The fourth-order valence-electron chi connectivity index (χ4n) is 1.28. The summed E-state index contributed by atoms with van der Waals surface area (Å²) in [5, 5.41) is 4.67. The molecule has 0 spiro atoms. The van der Waals surface area contributed by atoms with E-state index < -0.39 is 0 Å². The van der Waals surface area contributed by atoms with Gasteiger partial charge in [0.05, 0.1) is 13.2 Å². The van der Waals surface area contributed by atoms with Crippen molar-refractivity contribution in [1.82, 2.24) is 14.8 Å². The zero-order valence-electron chi connectivity index (χ0n) is 8.01. The highest BCUT2D eigenvalue weighted by molar-refractivity contribution is 7.58. The van der Waals surface area contributed by atoms with Crippen molar-refractivity contribution in [2.45, 2.75) is 12.1 Å². The Balaban J connectivity index is 2.62. The summed E-state index contributed by atoms with van der Waals surface area (Å²) in [5.74, 6) is 1.77. The topological polar surface area (TPSA) is 34.6 Å². The fraction of sp³-hybridized carbons (Fsp3) is 0.222. The smallest absolute Gasteiger partial charge is 0.235 e. The van der Waals surface area contributed by atoms with Crippen LogP contribution in [0, 0.1) is 6.92 Å². The average Bonchev–Trinajstić information content (AvgIpc) is 2.43. The number of nitrogens with zero attached hydrogens (tertiary/aromatic N) is 4. The third-order valence-corrected chi connectivity index (χ3v) is 2.36. The van der Waals surface area contributed by atoms with E-state index in [2.05, 4.69) is 10.1 Å². The van der Waals surface area contributed by atoms with Crippen LogP contribution in [0.3, 0.4) is 0 Å². The van der Waals surface area contributed by atoms with Crippen molar-refractivity contribution < 1.29 is 4.57 Å². The quantitative estimate of drug-likeness (QED) is 0.497. The molecule has 0 atom stereocenters. The predicted octanol–water partition coefficient (Wildman–Crippen LogP) is 0.306. The van der Waals surface area contributed by atoms with Crippen LogP contribution in [0.1, 0.15) is 5.82 Å². The first-order valence-electron chi connectivity index (χ1n) is 4.24. The van der Waals surface area contributed by atoms with Crippen LogP contribution in [0.15, 0.2) is 29.6 Å². The maximum atomic E-state index is 5.13. The standard InChI is InChI=1S/C9H10N4S/c1-7-12(2)11-9(14)13(7)8-5-3-4-6-10-8/h3-6H,1-2H3. The van der Waals surface area contributed by atoms with E-state index in [1.165, 1.54) is 0 Å². The molecule has 2 rings (SSSR count). The van der Waals surface area contributed by atoms with E-state index in [1.807, 2.05) is 36.7 Å². The lowest BCUT2D eigenvalue weighted by molar-refractivity contribution is -0.646. The van der Waals surface area contributed by atoms with Gasteiger partial charge in [0.2, 0.25) is 11.6 Å². The van der Waals surface area contributed by atoms with Gasteiger partial charge in [-0.2, -0.15) is 4.68 Å². The van der Waals surface area contributed by atoms with Crippen LogP contribution in [-0.4, -0.2) is 14.8 Å². The maximum absolute atomic E-state index is 5.13. The van der Waals surface area contributed by atoms with Crippen molar-refractivity contribution in [3.63, 3.8) is 0 Å². The highest BCUT2D eigenvalue weighted by atomic mass is 32.1. The summed E-state index contributed by atoms with van der Waals surface area (Å²) in [6, 6.07) is 5.71. The molecule has 0 radical (unpaired) electrons. The van der Waals surface area contributed by atoms with Crippen molar-refractivity contribution in [1.29, 1.82) is 0 Å². The van der Waals surface area contributed by atoms with E-state index in [4.69, 9.17) is 12.6 Å². The Bertz CT molecular complexity index is 449. The Kier molecular flexibility index (Phi) is 2.17. The first kappa shape index (κ1) is 9.08. The zero-order valence-corrected chi connectivity index (χ0v) is 8.82. The van der Waals surface area contributed by atoms with Crippen molar-refractivity contribution >= 4 is 12.6 Å². The van der Waals surface area contributed by atoms with Gasteiger partial charge < -0.3 is 12.6 Å². The van der Waals surface area contributed by atoms with Crippen molar-refractivity contribution in [3.8, 4) is 5.82 Å². The molecule has 2 heterocycles. The highest BCUT2D eigenvalue weighted by Gasteiger charge is 2.12. The molecule has 0 N–H and O–H groups in total. The minimum atomic E-state index is 0.531. The van der Waals surface area contributed by atoms with Crippen LogP contribution in [0.2, 0.25) is 0 Å². The SMILES string of the molecule is Cc1n(C)nc([S-])[n+]1-c1ccccn1. The monoisotopic (exact) mass is 206 g/mol. The molecule has 5 heteroatoms. The molecular weight excluding hydrogens is 196 g/mol. The molecule has 0 aliphatic heterocycles. The lowest BCUT2D eigenvalue weighted by Crippen LogP contribution is -2.36. The molecule has 0 aliphatic carbocycles. The molecule has 2 aromatic rings. The van der Waals surface area contributed by atoms with Gasteiger partial charge in [-0.15, -0.1) is 4.98 Å². The summed E-state index contributed by atoms with van der Waals surface area (Å²) in [6.45, 7) is 1.96. The molecule has 2 aromatic heterocycles.